The normalized spacial score (nSPS) is 16.2. The molecule has 0 spiro atoms. The lowest BCUT2D eigenvalue weighted by molar-refractivity contribution is -0.117. The second kappa shape index (κ2) is 7.79. The first-order valence-electron chi connectivity index (χ1n) is 9.30. The van der Waals surface area contributed by atoms with Crippen molar-refractivity contribution in [3.63, 3.8) is 0 Å². The topological polar surface area (TPSA) is 88.8 Å². The molecule has 1 fully saturated rings. The first-order valence-corrected chi connectivity index (χ1v) is 9.30. The fourth-order valence-corrected chi connectivity index (χ4v) is 3.48. The summed E-state index contributed by atoms with van der Waals surface area (Å²) in [6.45, 7) is 0.793. The van der Waals surface area contributed by atoms with Crippen LogP contribution in [0.25, 0.3) is 11.0 Å². The molecule has 0 aliphatic carbocycles. The molecule has 4 rings (SSSR count). The molecule has 1 atom stereocenters. The Morgan fingerprint density at radius 3 is 2.69 bits per heavy atom. The SMILES string of the molecule is COc1ccc(N2CC(CNC(=O)c3cc4ccccc4oc3=O)CC2=O)cc1. The fourth-order valence-electron chi connectivity index (χ4n) is 3.48. The highest BCUT2D eigenvalue weighted by Gasteiger charge is 2.31. The number of carbonyl (C=O) groups excluding carboxylic acids is 2. The molecule has 148 valence electrons. The van der Waals surface area contributed by atoms with Crippen molar-refractivity contribution >= 4 is 28.5 Å². The van der Waals surface area contributed by atoms with Crippen LogP contribution in [0.2, 0.25) is 0 Å². The molecule has 0 saturated carbocycles. The number of amides is 2. The summed E-state index contributed by atoms with van der Waals surface area (Å²) >= 11 is 0. The Morgan fingerprint density at radius 2 is 1.93 bits per heavy atom. The van der Waals surface area contributed by atoms with Crippen LogP contribution in [0.1, 0.15) is 16.8 Å². The number of ether oxygens (including phenoxy) is 1. The van der Waals surface area contributed by atoms with Crippen LogP contribution in [-0.2, 0) is 4.79 Å². The van der Waals surface area contributed by atoms with E-state index in [9.17, 15) is 14.4 Å². The minimum atomic E-state index is -0.677. The zero-order valence-corrected chi connectivity index (χ0v) is 15.9. The summed E-state index contributed by atoms with van der Waals surface area (Å²) in [5.74, 6) is 0.180. The summed E-state index contributed by atoms with van der Waals surface area (Å²) in [6.07, 6.45) is 0.332. The van der Waals surface area contributed by atoms with E-state index < -0.39 is 11.5 Å². The first-order chi connectivity index (χ1) is 14.0. The fraction of sp³-hybridized carbons (Fsp3) is 0.227. The molecule has 1 aliphatic heterocycles. The molecule has 2 aromatic carbocycles. The van der Waals surface area contributed by atoms with Crippen molar-refractivity contribution in [3.05, 3.63) is 70.6 Å². The van der Waals surface area contributed by atoms with Gasteiger partial charge in [0.2, 0.25) is 5.91 Å². The Balaban J connectivity index is 1.41. The largest absolute Gasteiger partial charge is 0.497 e. The van der Waals surface area contributed by atoms with Crippen LogP contribution in [-0.4, -0.2) is 32.0 Å². The van der Waals surface area contributed by atoms with Gasteiger partial charge in [0.1, 0.15) is 16.9 Å². The third-order valence-electron chi connectivity index (χ3n) is 5.03. The van der Waals surface area contributed by atoms with Gasteiger partial charge in [-0.1, -0.05) is 18.2 Å². The molecule has 3 aromatic rings. The van der Waals surface area contributed by atoms with Gasteiger partial charge in [0.25, 0.3) is 5.91 Å². The van der Waals surface area contributed by atoms with Crippen molar-refractivity contribution in [3.8, 4) is 5.75 Å². The minimum Gasteiger partial charge on any atom is -0.497 e. The molecule has 0 bridgehead atoms. The van der Waals surface area contributed by atoms with E-state index in [1.807, 2.05) is 18.2 Å². The Labute approximate surface area is 166 Å². The average molecular weight is 392 g/mol. The quantitative estimate of drug-likeness (QED) is 0.674. The van der Waals surface area contributed by atoms with Gasteiger partial charge in [-0.25, -0.2) is 4.79 Å². The van der Waals surface area contributed by atoms with E-state index >= 15 is 0 Å². The molecule has 1 unspecified atom stereocenters. The summed E-state index contributed by atoms with van der Waals surface area (Å²) in [5.41, 5.74) is 0.508. The predicted octanol–water partition coefficient (Wildman–Crippen LogP) is 2.58. The van der Waals surface area contributed by atoms with Crippen molar-refractivity contribution in [2.75, 3.05) is 25.1 Å². The van der Waals surface area contributed by atoms with Gasteiger partial charge >= 0.3 is 5.63 Å². The predicted molar refractivity (Wildman–Crippen MR) is 108 cm³/mol. The van der Waals surface area contributed by atoms with E-state index in [-0.39, 0.29) is 17.4 Å². The highest BCUT2D eigenvalue weighted by molar-refractivity contribution is 5.97. The molecule has 2 heterocycles. The minimum absolute atomic E-state index is 0.000338. The summed E-state index contributed by atoms with van der Waals surface area (Å²) < 4.78 is 10.3. The Bertz CT molecular complexity index is 1120. The number of fused-ring (bicyclic) bond motifs is 1. The van der Waals surface area contributed by atoms with E-state index in [2.05, 4.69) is 5.32 Å². The maximum Gasteiger partial charge on any atom is 0.349 e. The summed E-state index contributed by atoms with van der Waals surface area (Å²) in [6, 6.07) is 15.8. The monoisotopic (exact) mass is 392 g/mol. The van der Waals surface area contributed by atoms with Crippen LogP contribution in [0.4, 0.5) is 5.69 Å². The van der Waals surface area contributed by atoms with E-state index in [1.165, 1.54) is 6.07 Å². The zero-order valence-electron chi connectivity index (χ0n) is 15.9. The molecule has 1 saturated heterocycles. The zero-order chi connectivity index (χ0) is 20.4. The second-order valence-corrected chi connectivity index (χ2v) is 6.97. The summed E-state index contributed by atoms with van der Waals surface area (Å²) in [7, 11) is 1.59. The van der Waals surface area contributed by atoms with Gasteiger partial charge in [0, 0.05) is 36.5 Å². The van der Waals surface area contributed by atoms with Crippen molar-refractivity contribution in [2.45, 2.75) is 6.42 Å². The van der Waals surface area contributed by atoms with Crippen LogP contribution in [0.3, 0.4) is 0 Å². The number of hydrogen-bond donors (Lipinski definition) is 1. The molecule has 7 heteroatoms. The van der Waals surface area contributed by atoms with Crippen molar-refractivity contribution in [2.24, 2.45) is 5.92 Å². The van der Waals surface area contributed by atoms with E-state index in [4.69, 9.17) is 9.15 Å². The third-order valence-corrected chi connectivity index (χ3v) is 5.03. The maximum atomic E-state index is 12.5. The second-order valence-electron chi connectivity index (χ2n) is 6.97. The van der Waals surface area contributed by atoms with Gasteiger partial charge in [-0.2, -0.15) is 0 Å². The number of carbonyl (C=O) groups is 2. The number of para-hydroxylation sites is 1. The number of anilines is 1. The van der Waals surface area contributed by atoms with Crippen molar-refractivity contribution in [1.29, 1.82) is 0 Å². The molecular weight excluding hydrogens is 372 g/mol. The Hall–Kier alpha value is -3.61. The number of nitrogens with one attached hydrogen (secondary N) is 1. The van der Waals surface area contributed by atoms with Crippen LogP contribution < -0.4 is 20.6 Å². The van der Waals surface area contributed by atoms with Gasteiger partial charge in [0.05, 0.1) is 7.11 Å². The molecule has 1 aliphatic rings. The molecule has 2 amide bonds. The first kappa shape index (κ1) is 18.7. The van der Waals surface area contributed by atoms with Gasteiger partial charge in [-0.15, -0.1) is 0 Å². The maximum absolute atomic E-state index is 12.5. The van der Waals surface area contributed by atoms with Gasteiger partial charge < -0.3 is 19.4 Å². The molecule has 1 aromatic heterocycles. The van der Waals surface area contributed by atoms with E-state index in [1.54, 1.807) is 42.3 Å². The van der Waals surface area contributed by atoms with Crippen LogP contribution in [0, 0.1) is 5.92 Å². The van der Waals surface area contributed by atoms with Crippen LogP contribution in [0.5, 0.6) is 5.75 Å². The lowest BCUT2D eigenvalue weighted by Gasteiger charge is -2.17. The van der Waals surface area contributed by atoms with Gasteiger partial charge in [-0.3, -0.25) is 9.59 Å². The van der Waals surface area contributed by atoms with Crippen LogP contribution in [0.15, 0.2) is 63.8 Å². The van der Waals surface area contributed by atoms with E-state index in [0.717, 1.165) is 11.4 Å². The van der Waals surface area contributed by atoms with Crippen molar-refractivity contribution < 1.29 is 18.7 Å². The molecule has 0 radical (unpaired) electrons. The summed E-state index contributed by atoms with van der Waals surface area (Å²) in [4.78, 5) is 38.7. The number of methoxy groups -OCH3 is 1. The Kier molecular flexibility index (Phi) is 5.03. The van der Waals surface area contributed by atoms with E-state index in [0.29, 0.717) is 30.5 Å². The standard InChI is InChI=1S/C22H20N2O5/c1-28-17-8-6-16(7-9-17)24-13-14(10-20(24)25)12-23-21(26)18-11-15-4-2-3-5-19(15)29-22(18)27/h2-9,11,14H,10,12-13H2,1H3,(H,23,26). The molecule has 7 nitrogen and oxygen atoms in total. The third kappa shape index (κ3) is 3.85. The lowest BCUT2D eigenvalue weighted by atomic mass is 10.1. The van der Waals surface area contributed by atoms with Crippen molar-refractivity contribution in [1.82, 2.24) is 5.32 Å². The molecular formula is C22H20N2O5. The van der Waals surface area contributed by atoms with Crippen LogP contribution >= 0.6 is 0 Å². The van der Waals surface area contributed by atoms with Gasteiger partial charge in [-0.05, 0) is 36.4 Å². The van der Waals surface area contributed by atoms with Gasteiger partial charge in [0.15, 0.2) is 0 Å². The smallest absolute Gasteiger partial charge is 0.349 e. The number of rotatable bonds is 5. The number of benzene rings is 2. The highest BCUT2D eigenvalue weighted by Crippen LogP contribution is 2.26. The molecule has 1 N–H and O–H groups in total. The summed E-state index contributed by atoms with van der Waals surface area (Å²) in [5, 5.41) is 3.44. The molecule has 29 heavy (non-hydrogen) atoms. The lowest BCUT2D eigenvalue weighted by Crippen LogP contribution is -2.33. The number of nitrogens with zero attached hydrogens (tertiary/aromatic N) is 1. The number of hydrogen-bond acceptors (Lipinski definition) is 5. The Morgan fingerprint density at radius 1 is 1.17 bits per heavy atom. The average Bonchev–Trinajstić information content (AvgIpc) is 3.12. The highest BCUT2D eigenvalue weighted by atomic mass is 16.5.